The van der Waals surface area contributed by atoms with Gasteiger partial charge in [-0.2, -0.15) is 11.8 Å². The summed E-state index contributed by atoms with van der Waals surface area (Å²) in [6.07, 6.45) is 1.20. The van der Waals surface area contributed by atoms with Gasteiger partial charge in [-0.3, -0.25) is 0 Å². The quantitative estimate of drug-likeness (QED) is 0.820. The molecule has 1 rings (SSSR count). The number of aliphatic carboxylic acids is 1. The van der Waals surface area contributed by atoms with Crippen LogP contribution < -0.4 is 5.32 Å². The van der Waals surface area contributed by atoms with Gasteiger partial charge in [-0.25, -0.2) is 9.59 Å². The lowest BCUT2D eigenvalue weighted by atomic mass is 10.2. The molecule has 1 saturated heterocycles. The van der Waals surface area contributed by atoms with Crippen molar-refractivity contribution in [2.75, 3.05) is 13.1 Å². The highest BCUT2D eigenvalue weighted by molar-refractivity contribution is 8.00. The standard InChI is InChI=1S/C12H22N2O3S/c1-4-5-10(11(15)16)13-12(17)14-6-8(2)18-9(3)7-14/h8-10H,4-7H2,1-3H3,(H,13,17)(H,15,16)/t8?,9?,10-/m1/s1. The molecule has 1 aliphatic rings. The highest BCUT2D eigenvalue weighted by Gasteiger charge is 2.28. The molecule has 0 radical (unpaired) electrons. The summed E-state index contributed by atoms with van der Waals surface area (Å²) in [7, 11) is 0. The van der Waals surface area contributed by atoms with Crippen LogP contribution in [0.4, 0.5) is 4.79 Å². The van der Waals surface area contributed by atoms with Gasteiger partial charge in [0.05, 0.1) is 0 Å². The number of carboxylic acid groups (broad SMARTS) is 1. The van der Waals surface area contributed by atoms with E-state index in [1.807, 2.05) is 18.7 Å². The molecule has 0 spiro atoms. The number of rotatable bonds is 4. The fourth-order valence-electron chi connectivity index (χ4n) is 2.13. The normalized spacial score (nSPS) is 25.6. The third kappa shape index (κ3) is 4.40. The van der Waals surface area contributed by atoms with Crippen molar-refractivity contribution in [1.82, 2.24) is 10.2 Å². The van der Waals surface area contributed by atoms with E-state index in [0.29, 0.717) is 30.0 Å². The lowest BCUT2D eigenvalue weighted by molar-refractivity contribution is -0.139. The highest BCUT2D eigenvalue weighted by Crippen LogP contribution is 2.24. The molecule has 0 aromatic heterocycles. The van der Waals surface area contributed by atoms with Gasteiger partial charge in [0.2, 0.25) is 0 Å². The maximum absolute atomic E-state index is 12.0. The molecule has 1 heterocycles. The number of amides is 2. The second-order valence-electron chi connectivity index (χ2n) is 4.79. The zero-order chi connectivity index (χ0) is 13.7. The van der Waals surface area contributed by atoms with Gasteiger partial charge >= 0.3 is 12.0 Å². The molecule has 5 nitrogen and oxygen atoms in total. The second-order valence-corrected chi connectivity index (χ2v) is 6.67. The average molecular weight is 274 g/mol. The number of thioether (sulfide) groups is 1. The van der Waals surface area contributed by atoms with Crippen LogP contribution in [0.2, 0.25) is 0 Å². The maximum atomic E-state index is 12.0. The predicted octanol–water partition coefficient (Wildman–Crippen LogP) is 1.78. The first-order valence-electron chi connectivity index (χ1n) is 6.37. The van der Waals surface area contributed by atoms with Crippen molar-refractivity contribution in [3.63, 3.8) is 0 Å². The minimum atomic E-state index is -0.960. The Hall–Kier alpha value is -0.910. The van der Waals surface area contributed by atoms with E-state index >= 15 is 0 Å². The van der Waals surface area contributed by atoms with E-state index < -0.39 is 12.0 Å². The number of nitrogens with one attached hydrogen (secondary N) is 1. The van der Waals surface area contributed by atoms with E-state index in [1.54, 1.807) is 4.90 Å². The molecule has 1 fully saturated rings. The minimum absolute atomic E-state index is 0.255. The summed E-state index contributed by atoms with van der Waals surface area (Å²) in [5, 5.41) is 12.4. The predicted molar refractivity (Wildman–Crippen MR) is 73.0 cm³/mol. The molecule has 0 saturated carbocycles. The summed E-state index contributed by atoms with van der Waals surface area (Å²) in [6.45, 7) is 7.44. The van der Waals surface area contributed by atoms with Crippen LogP contribution in [-0.2, 0) is 4.79 Å². The van der Waals surface area contributed by atoms with Gasteiger partial charge in [-0.1, -0.05) is 27.2 Å². The zero-order valence-corrected chi connectivity index (χ0v) is 12.0. The number of hydrogen-bond acceptors (Lipinski definition) is 3. The van der Waals surface area contributed by atoms with E-state index in [0.717, 1.165) is 6.42 Å². The number of carboxylic acids is 1. The molecule has 6 heteroatoms. The Kier molecular flexibility index (Phi) is 5.78. The van der Waals surface area contributed by atoms with E-state index in [1.165, 1.54) is 0 Å². The highest BCUT2D eigenvalue weighted by atomic mass is 32.2. The molecule has 0 bridgehead atoms. The van der Waals surface area contributed by atoms with Crippen LogP contribution in [0, 0.1) is 0 Å². The van der Waals surface area contributed by atoms with Crippen molar-refractivity contribution >= 4 is 23.8 Å². The number of nitrogens with zero attached hydrogens (tertiary/aromatic N) is 1. The van der Waals surface area contributed by atoms with E-state index in [-0.39, 0.29) is 6.03 Å². The Morgan fingerprint density at radius 1 is 1.39 bits per heavy atom. The molecule has 0 aromatic carbocycles. The molecule has 1 aliphatic heterocycles. The van der Waals surface area contributed by atoms with Gasteiger partial charge in [-0.05, 0) is 6.42 Å². The molecule has 18 heavy (non-hydrogen) atoms. The van der Waals surface area contributed by atoms with E-state index in [2.05, 4.69) is 19.2 Å². The molecule has 2 amide bonds. The molecule has 2 N–H and O–H groups in total. The van der Waals surface area contributed by atoms with Crippen molar-refractivity contribution in [1.29, 1.82) is 0 Å². The van der Waals surface area contributed by atoms with E-state index in [4.69, 9.17) is 5.11 Å². The first-order chi connectivity index (χ1) is 8.43. The topological polar surface area (TPSA) is 69.6 Å². The van der Waals surface area contributed by atoms with Crippen molar-refractivity contribution in [2.45, 2.75) is 50.2 Å². The minimum Gasteiger partial charge on any atom is -0.480 e. The third-order valence-corrected chi connectivity index (χ3v) is 4.11. The number of hydrogen-bond donors (Lipinski definition) is 2. The van der Waals surface area contributed by atoms with Crippen LogP contribution in [0.25, 0.3) is 0 Å². The van der Waals surface area contributed by atoms with Gasteiger partial charge < -0.3 is 15.3 Å². The van der Waals surface area contributed by atoms with Crippen LogP contribution in [0.15, 0.2) is 0 Å². The fraction of sp³-hybridized carbons (Fsp3) is 0.833. The number of carbonyl (C=O) groups excluding carboxylic acids is 1. The van der Waals surface area contributed by atoms with E-state index in [9.17, 15) is 9.59 Å². The summed E-state index contributed by atoms with van der Waals surface area (Å²) < 4.78 is 0. The van der Waals surface area contributed by atoms with Crippen LogP contribution in [0.1, 0.15) is 33.6 Å². The molecule has 0 aromatic rings. The Bertz CT molecular complexity index is 302. The Morgan fingerprint density at radius 2 is 1.94 bits per heavy atom. The summed E-state index contributed by atoms with van der Waals surface area (Å²) in [4.78, 5) is 24.7. The van der Waals surface area contributed by atoms with Crippen molar-refractivity contribution in [3.05, 3.63) is 0 Å². The van der Waals surface area contributed by atoms with Gasteiger partial charge in [0.1, 0.15) is 6.04 Å². The Morgan fingerprint density at radius 3 is 2.39 bits per heavy atom. The van der Waals surface area contributed by atoms with Crippen LogP contribution in [0.5, 0.6) is 0 Å². The molecule has 2 unspecified atom stereocenters. The van der Waals surface area contributed by atoms with Gasteiger partial charge in [0, 0.05) is 23.6 Å². The third-order valence-electron chi connectivity index (χ3n) is 2.88. The lowest BCUT2D eigenvalue weighted by Crippen LogP contribution is -2.52. The summed E-state index contributed by atoms with van der Waals surface area (Å²) in [5.74, 6) is -0.960. The summed E-state index contributed by atoms with van der Waals surface area (Å²) >= 11 is 1.86. The summed E-state index contributed by atoms with van der Waals surface area (Å²) in [6, 6.07) is -1.03. The average Bonchev–Trinajstić information content (AvgIpc) is 2.26. The first-order valence-corrected chi connectivity index (χ1v) is 7.32. The zero-order valence-electron chi connectivity index (χ0n) is 11.2. The molecule has 0 aliphatic carbocycles. The van der Waals surface area contributed by atoms with Crippen molar-refractivity contribution in [2.24, 2.45) is 0 Å². The van der Waals surface area contributed by atoms with Gasteiger partial charge in [-0.15, -0.1) is 0 Å². The van der Waals surface area contributed by atoms with Crippen LogP contribution in [0.3, 0.4) is 0 Å². The SMILES string of the molecule is CCC[C@@H](NC(=O)N1CC(C)SC(C)C1)C(=O)O. The number of carbonyl (C=O) groups is 2. The molecule has 104 valence electrons. The maximum Gasteiger partial charge on any atom is 0.326 e. The molecule has 3 atom stereocenters. The fourth-order valence-corrected chi connectivity index (χ4v) is 3.46. The van der Waals surface area contributed by atoms with Gasteiger partial charge in [0.25, 0.3) is 0 Å². The Labute approximate surface area is 112 Å². The first kappa shape index (κ1) is 15.1. The second kappa shape index (κ2) is 6.87. The van der Waals surface area contributed by atoms with Crippen LogP contribution >= 0.6 is 11.8 Å². The smallest absolute Gasteiger partial charge is 0.326 e. The number of urea groups is 1. The molecular formula is C12H22N2O3S. The largest absolute Gasteiger partial charge is 0.480 e. The van der Waals surface area contributed by atoms with Crippen molar-refractivity contribution < 1.29 is 14.7 Å². The lowest BCUT2D eigenvalue weighted by Gasteiger charge is -2.35. The van der Waals surface area contributed by atoms with Gasteiger partial charge in [0.15, 0.2) is 0 Å². The monoisotopic (exact) mass is 274 g/mol. The molecular weight excluding hydrogens is 252 g/mol. The van der Waals surface area contributed by atoms with Crippen LogP contribution in [-0.4, -0.2) is 51.6 Å². The summed E-state index contributed by atoms with van der Waals surface area (Å²) in [5.41, 5.74) is 0. The Balaban J connectivity index is 2.55. The van der Waals surface area contributed by atoms with Crippen molar-refractivity contribution in [3.8, 4) is 0 Å².